The third kappa shape index (κ3) is 8.91. The Morgan fingerprint density at radius 2 is 0.593 bits per heavy atom. The predicted molar refractivity (Wildman–Crippen MR) is 321 cm³/mol. The van der Waals surface area contributed by atoms with Crippen LogP contribution in [-0.2, 0) is 12.4 Å². The van der Waals surface area contributed by atoms with E-state index in [0.29, 0.717) is 117 Å². The second-order valence-electron chi connectivity index (χ2n) is 20.5. The quantitative estimate of drug-likeness (QED) is 0.140. The molecule has 0 unspecified atom stereocenters. The van der Waals surface area contributed by atoms with Gasteiger partial charge >= 0.3 is 12.4 Å². The zero-order valence-electron chi connectivity index (χ0n) is 44.8. The highest BCUT2D eigenvalue weighted by atomic mass is 19.4. The Bertz CT molecular complexity index is 4980. The zero-order chi connectivity index (χ0) is 59.6. The molecule has 0 saturated heterocycles. The molecular formula is C73H37F6N7. The van der Waals surface area contributed by atoms with Crippen LogP contribution >= 0.6 is 0 Å². The van der Waals surface area contributed by atoms with E-state index < -0.39 is 29.0 Å². The van der Waals surface area contributed by atoms with E-state index in [1.54, 1.807) is 95.6 Å². The summed E-state index contributed by atoms with van der Waals surface area (Å²) < 4.78 is 95.5. The van der Waals surface area contributed by atoms with Gasteiger partial charge in [-0.2, -0.15) is 52.7 Å². The van der Waals surface area contributed by atoms with E-state index in [1.807, 2.05) is 102 Å². The van der Waals surface area contributed by atoms with E-state index in [9.17, 15) is 26.3 Å². The summed E-state index contributed by atoms with van der Waals surface area (Å²) in [4.78, 5) is 0. The topological polar surface area (TPSA) is 129 Å². The maximum Gasteiger partial charge on any atom is 0.417 e. The molecule has 13 aromatic rings. The van der Waals surface area contributed by atoms with Crippen molar-refractivity contribution in [2.45, 2.75) is 12.4 Å². The molecular weight excluding hydrogens is 1090 g/mol. The molecule has 0 aliphatic carbocycles. The van der Waals surface area contributed by atoms with Crippen molar-refractivity contribution in [2.75, 3.05) is 0 Å². The average Bonchev–Trinajstić information content (AvgIpc) is 1.60. The van der Waals surface area contributed by atoms with Gasteiger partial charge in [0.15, 0.2) is 0 Å². The summed E-state index contributed by atoms with van der Waals surface area (Å²) in [5, 5.41) is 54.3. The lowest BCUT2D eigenvalue weighted by Crippen LogP contribution is -2.14. The maximum atomic E-state index is 15.3. The van der Waals surface area contributed by atoms with Gasteiger partial charge in [0.25, 0.3) is 0 Å². The van der Waals surface area contributed by atoms with Crippen molar-refractivity contribution < 1.29 is 26.3 Å². The lowest BCUT2D eigenvalue weighted by atomic mass is 9.90. The zero-order valence-corrected chi connectivity index (χ0v) is 44.8. The van der Waals surface area contributed by atoms with E-state index in [-0.39, 0.29) is 16.8 Å². The van der Waals surface area contributed by atoms with Gasteiger partial charge in [0.2, 0.25) is 0 Å². The van der Waals surface area contributed by atoms with E-state index in [0.717, 1.165) is 28.0 Å². The molecule has 0 N–H and O–H groups in total. The first-order valence-electron chi connectivity index (χ1n) is 26.8. The molecule has 11 aromatic carbocycles. The van der Waals surface area contributed by atoms with Crippen molar-refractivity contribution in [3.63, 3.8) is 0 Å². The number of halogens is 6. The minimum absolute atomic E-state index is 0.167. The van der Waals surface area contributed by atoms with Gasteiger partial charge in [0.05, 0.1) is 103 Å². The molecule has 2 heterocycles. The van der Waals surface area contributed by atoms with Crippen LogP contribution in [0.5, 0.6) is 0 Å². The van der Waals surface area contributed by atoms with Gasteiger partial charge in [-0.1, -0.05) is 121 Å². The molecule has 0 atom stereocenters. The second-order valence-corrected chi connectivity index (χ2v) is 20.5. The molecule has 0 radical (unpaired) electrons. The van der Waals surface area contributed by atoms with Crippen LogP contribution in [0, 0.1) is 56.7 Å². The Balaban J connectivity index is 1.16. The number of nitrogens with zero attached hydrogens (tertiary/aromatic N) is 7. The van der Waals surface area contributed by atoms with Crippen molar-refractivity contribution in [3.8, 4) is 108 Å². The van der Waals surface area contributed by atoms with Crippen LogP contribution in [0.1, 0.15) is 38.9 Å². The molecule has 86 heavy (non-hydrogen) atoms. The Hall–Kier alpha value is -12.0. The number of hydrogen-bond donors (Lipinski definition) is 0. The van der Waals surface area contributed by atoms with E-state index >= 15 is 26.3 Å². The fourth-order valence-electron chi connectivity index (χ4n) is 12.0. The fourth-order valence-corrected chi connectivity index (χ4v) is 12.0. The Morgan fingerprint density at radius 3 is 0.919 bits per heavy atom. The molecule has 0 aliphatic rings. The minimum atomic E-state index is -5.22. The van der Waals surface area contributed by atoms with Crippen LogP contribution in [-0.4, -0.2) is 9.13 Å². The summed E-state index contributed by atoms with van der Waals surface area (Å²) in [6.07, 6.45) is -10.4. The molecule has 406 valence electrons. The molecule has 7 nitrogen and oxygen atoms in total. The van der Waals surface area contributed by atoms with Crippen LogP contribution in [0.2, 0.25) is 0 Å². The molecule has 0 bridgehead atoms. The lowest BCUT2D eigenvalue weighted by molar-refractivity contribution is -0.142. The summed E-state index contributed by atoms with van der Waals surface area (Å²) in [5.74, 6) is 0. The van der Waals surface area contributed by atoms with Crippen molar-refractivity contribution in [1.29, 1.82) is 26.3 Å². The molecule has 2 aromatic heterocycles. The van der Waals surface area contributed by atoms with Gasteiger partial charge < -0.3 is 9.13 Å². The normalized spacial score (nSPS) is 11.5. The minimum Gasteiger partial charge on any atom is -0.309 e. The van der Waals surface area contributed by atoms with Gasteiger partial charge in [0.1, 0.15) is 0 Å². The van der Waals surface area contributed by atoms with Gasteiger partial charge in [-0.3, -0.25) is 0 Å². The molecule has 0 aliphatic heterocycles. The molecule has 0 saturated carbocycles. The first kappa shape index (κ1) is 53.4. The van der Waals surface area contributed by atoms with Gasteiger partial charge in [-0.05, 0) is 153 Å². The van der Waals surface area contributed by atoms with Crippen molar-refractivity contribution in [3.05, 3.63) is 263 Å². The Morgan fingerprint density at radius 1 is 0.279 bits per heavy atom. The van der Waals surface area contributed by atoms with Gasteiger partial charge in [0, 0.05) is 38.2 Å². The van der Waals surface area contributed by atoms with Crippen molar-refractivity contribution >= 4 is 43.6 Å². The average molecular weight is 1130 g/mol. The van der Waals surface area contributed by atoms with E-state index in [1.165, 1.54) is 18.2 Å². The standard InChI is InChI=1S/C73H37F6N7/c74-72(75,76)63-18-9-19-64(73(77,78)79)71(63)48-21-27-58(70(37-48)86-67-30-24-46(55-16-7-3-12-51(55)41-83)35-61(67)62-36-47(25-31-68(62)86)56-17-8-4-13-52(56)42-84)57-26-20-43(38-80)32-69(57)85-65-28-22-44(53-14-5-1-10-49(53)39-81)33-59(65)60-34-45(23-29-66(60)85)54-15-6-2-11-50(54)40-82/h1-37H. The summed E-state index contributed by atoms with van der Waals surface area (Å²) in [5.41, 5.74) is 6.41. The van der Waals surface area contributed by atoms with Crippen molar-refractivity contribution in [1.82, 2.24) is 9.13 Å². The molecule has 0 amide bonds. The monoisotopic (exact) mass is 1130 g/mol. The third-order valence-corrected chi connectivity index (χ3v) is 15.8. The molecule has 13 rings (SSSR count). The predicted octanol–water partition coefficient (Wildman–Crippen LogP) is 19.3. The van der Waals surface area contributed by atoms with Crippen LogP contribution in [0.25, 0.3) is 122 Å². The Labute approximate surface area is 487 Å². The first-order valence-corrected chi connectivity index (χ1v) is 26.8. The maximum absolute atomic E-state index is 15.3. The van der Waals surface area contributed by atoms with Crippen molar-refractivity contribution in [2.24, 2.45) is 0 Å². The van der Waals surface area contributed by atoms with Crippen LogP contribution in [0.15, 0.2) is 224 Å². The number of benzene rings is 11. The number of alkyl halides is 6. The highest BCUT2D eigenvalue weighted by molar-refractivity contribution is 6.14. The van der Waals surface area contributed by atoms with E-state index in [4.69, 9.17) is 0 Å². The third-order valence-electron chi connectivity index (χ3n) is 15.8. The Kier molecular flexibility index (Phi) is 12.9. The number of fused-ring (bicyclic) bond motifs is 6. The van der Waals surface area contributed by atoms with Gasteiger partial charge in [-0.15, -0.1) is 0 Å². The lowest BCUT2D eigenvalue weighted by Gasteiger charge is -2.22. The fraction of sp³-hybridized carbons (Fsp3) is 0.0274. The molecule has 13 heteroatoms. The highest BCUT2D eigenvalue weighted by Crippen LogP contribution is 2.49. The van der Waals surface area contributed by atoms with E-state index in [2.05, 4.69) is 30.3 Å². The number of hydrogen-bond acceptors (Lipinski definition) is 5. The summed E-state index contributed by atoms with van der Waals surface area (Å²) in [6, 6.07) is 73.5. The summed E-state index contributed by atoms with van der Waals surface area (Å²) >= 11 is 0. The van der Waals surface area contributed by atoms with Crippen LogP contribution in [0.3, 0.4) is 0 Å². The largest absolute Gasteiger partial charge is 0.417 e. The highest BCUT2D eigenvalue weighted by Gasteiger charge is 2.41. The number of nitriles is 5. The summed E-state index contributed by atoms with van der Waals surface area (Å²) in [6.45, 7) is 0. The van der Waals surface area contributed by atoms with Crippen LogP contribution < -0.4 is 0 Å². The SMILES string of the molecule is N#Cc1ccc(-c2ccc(-c3c(C(F)(F)F)cccc3C(F)(F)F)cc2-n2c3ccc(-c4ccccc4C#N)cc3c3cc(-c4ccccc4C#N)ccc32)c(-n2c3ccc(-c4ccccc4C#N)cc3c3cc(-c4ccccc4C#N)ccc32)c1. The summed E-state index contributed by atoms with van der Waals surface area (Å²) in [7, 11) is 0. The number of aromatic nitrogens is 2. The number of rotatable bonds is 8. The molecule has 0 spiro atoms. The van der Waals surface area contributed by atoms with Crippen LogP contribution in [0.4, 0.5) is 26.3 Å². The smallest absolute Gasteiger partial charge is 0.309 e. The second kappa shape index (κ2) is 20.8. The van der Waals surface area contributed by atoms with Gasteiger partial charge in [-0.25, -0.2) is 0 Å². The first-order chi connectivity index (χ1) is 41.7. The molecule has 0 fully saturated rings.